The lowest BCUT2D eigenvalue weighted by Crippen LogP contribution is -2.25. The molecule has 1 heterocycles. The molecule has 0 aromatic heterocycles. The molecule has 0 amide bonds. The summed E-state index contributed by atoms with van der Waals surface area (Å²) in [6.45, 7) is 2.45. The molecule has 0 spiro atoms. The van der Waals surface area contributed by atoms with Gasteiger partial charge >= 0.3 is 0 Å². The molecule has 80 valence electrons. The quantitative estimate of drug-likeness (QED) is 0.752. The van der Waals surface area contributed by atoms with Gasteiger partial charge in [0.05, 0.1) is 0 Å². The minimum absolute atomic E-state index is 0.0745. The van der Waals surface area contributed by atoms with Crippen molar-refractivity contribution in [1.29, 1.82) is 0 Å². The van der Waals surface area contributed by atoms with Crippen LogP contribution < -0.4 is 5.32 Å². The number of rotatable bonds is 2. The molecule has 0 saturated carbocycles. The number of carbonyl (C=O) groups is 1. The fraction of sp³-hybridized carbons (Fsp3) is 0.417. The van der Waals surface area contributed by atoms with Crippen LogP contribution in [-0.4, -0.2) is 18.9 Å². The van der Waals surface area contributed by atoms with Crippen LogP contribution in [0.15, 0.2) is 24.3 Å². The van der Waals surface area contributed by atoms with Crippen LogP contribution in [0.2, 0.25) is 0 Å². The Morgan fingerprint density at radius 3 is 2.80 bits per heavy atom. The third kappa shape index (κ3) is 1.79. The third-order valence-corrected chi connectivity index (χ3v) is 2.89. The summed E-state index contributed by atoms with van der Waals surface area (Å²) < 4.78 is 14.5. The summed E-state index contributed by atoms with van der Waals surface area (Å²) in [5.74, 6) is -0.0745. The summed E-state index contributed by atoms with van der Waals surface area (Å²) >= 11 is 0. The second kappa shape index (κ2) is 3.74. The maximum absolute atomic E-state index is 14.5. The van der Waals surface area contributed by atoms with Crippen molar-refractivity contribution in [2.24, 2.45) is 0 Å². The molecule has 2 rings (SSSR count). The van der Waals surface area contributed by atoms with Crippen molar-refractivity contribution in [1.82, 2.24) is 5.32 Å². The van der Waals surface area contributed by atoms with Gasteiger partial charge in [0.2, 0.25) is 0 Å². The van der Waals surface area contributed by atoms with E-state index in [2.05, 4.69) is 5.32 Å². The van der Waals surface area contributed by atoms with Crippen molar-refractivity contribution in [3.63, 3.8) is 0 Å². The zero-order valence-electron chi connectivity index (χ0n) is 8.72. The van der Waals surface area contributed by atoms with E-state index < -0.39 is 5.67 Å². The molecule has 2 nitrogen and oxygen atoms in total. The summed E-state index contributed by atoms with van der Waals surface area (Å²) in [6, 6.07) is 6.95. The minimum atomic E-state index is -1.37. The van der Waals surface area contributed by atoms with E-state index >= 15 is 0 Å². The van der Waals surface area contributed by atoms with E-state index in [1.807, 2.05) is 0 Å². The number of halogens is 1. The molecule has 1 unspecified atom stereocenters. The largest absolute Gasteiger partial charge is 0.313 e. The van der Waals surface area contributed by atoms with Gasteiger partial charge in [0.1, 0.15) is 5.67 Å². The van der Waals surface area contributed by atoms with Gasteiger partial charge in [-0.3, -0.25) is 4.79 Å². The number of nitrogens with one attached hydrogen (secondary N) is 1. The van der Waals surface area contributed by atoms with Crippen molar-refractivity contribution in [3.05, 3.63) is 35.4 Å². The van der Waals surface area contributed by atoms with Gasteiger partial charge in [-0.05, 0) is 19.9 Å². The molecule has 3 heteroatoms. The molecular weight excluding hydrogens is 193 g/mol. The molecule has 1 saturated heterocycles. The van der Waals surface area contributed by atoms with E-state index in [1.54, 1.807) is 24.3 Å². The molecule has 0 aliphatic carbocycles. The normalized spacial score (nSPS) is 25.5. The van der Waals surface area contributed by atoms with Gasteiger partial charge in [0, 0.05) is 17.7 Å². The Morgan fingerprint density at radius 1 is 1.47 bits per heavy atom. The van der Waals surface area contributed by atoms with Gasteiger partial charge in [-0.25, -0.2) is 4.39 Å². The maximum Gasteiger partial charge on any atom is 0.160 e. The molecule has 1 aromatic carbocycles. The molecule has 1 aliphatic rings. The first-order chi connectivity index (χ1) is 7.13. The molecule has 15 heavy (non-hydrogen) atoms. The van der Waals surface area contributed by atoms with Crippen LogP contribution in [0, 0.1) is 0 Å². The number of hydrogen-bond acceptors (Lipinski definition) is 2. The zero-order chi connectivity index (χ0) is 10.9. The first kappa shape index (κ1) is 10.3. The van der Waals surface area contributed by atoms with Crippen molar-refractivity contribution in [2.75, 3.05) is 13.1 Å². The first-order valence-electron chi connectivity index (χ1n) is 5.13. The Hall–Kier alpha value is -1.22. The highest BCUT2D eigenvalue weighted by molar-refractivity contribution is 5.95. The van der Waals surface area contributed by atoms with Crippen LogP contribution in [0.3, 0.4) is 0 Å². The Balaban J connectivity index is 2.47. The number of Topliss-reactive ketones (excluding diaryl/α,β-unsaturated/α-hetero) is 1. The van der Waals surface area contributed by atoms with E-state index in [4.69, 9.17) is 0 Å². The monoisotopic (exact) mass is 207 g/mol. The third-order valence-electron chi connectivity index (χ3n) is 2.89. The van der Waals surface area contributed by atoms with Crippen LogP contribution in [0.1, 0.15) is 29.3 Å². The fourth-order valence-electron chi connectivity index (χ4n) is 2.07. The predicted octanol–water partition coefficient (Wildman–Crippen LogP) is 2.05. The smallest absolute Gasteiger partial charge is 0.160 e. The Bertz CT molecular complexity index is 383. The fourth-order valence-corrected chi connectivity index (χ4v) is 2.07. The number of hydrogen-bond donors (Lipinski definition) is 1. The lowest BCUT2D eigenvalue weighted by Gasteiger charge is -2.21. The van der Waals surface area contributed by atoms with Crippen molar-refractivity contribution >= 4 is 5.78 Å². The van der Waals surface area contributed by atoms with Gasteiger partial charge in [-0.15, -0.1) is 0 Å². The lowest BCUT2D eigenvalue weighted by molar-refractivity contribution is 0.100. The molecule has 1 aromatic rings. The van der Waals surface area contributed by atoms with E-state index in [9.17, 15) is 9.18 Å². The standard InChI is InChI=1S/C12H14FNO/c1-9(15)10-4-2-3-5-11(10)12(13)6-7-14-8-12/h2-5,14H,6-8H2,1H3. The number of alkyl halides is 1. The lowest BCUT2D eigenvalue weighted by atomic mass is 9.89. The summed E-state index contributed by atoms with van der Waals surface area (Å²) in [4.78, 5) is 11.4. The number of carbonyl (C=O) groups excluding carboxylic acids is 1. The second-order valence-corrected chi connectivity index (χ2v) is 3.99. The summed E-state index contributed by atoms with van der Waals surface area (Å²) in [5, 5.41) is 2.99. The molecule has 1 aliphatic heterocycles. The average molecular weight is 207 g/mol. The number of benzene rings is 1. The average Bonchev–Trinajstić information content (AvgIpc) is 2.66. The Kier molecular flexibility index (Phi) is 2.57. The SMILES string of the molecule is CC(=O)c1ccccc1C1(F)CCNC1. The van der Waals surface area contributed by atoms with E-state index in [-0.39, 0.29) is 5.78 Å². The molecule has 1 N–H and O–H groups in total. The van der Waals surface area contributed by atoms with Gasteiger partial charge < -0.3 is 5.32 Å². The van der Waals surface area contributed by atoms with Gasteiger partial charge in [-0.1, -0.05) is 24.3 Å². The van der Waals surface area contributed by atoms with Crippen molar-refractivity contribution in [2.45, 2.75) is 19.0 Å². The van der Waals surface area contributed by atoms with E-state index in [0.717, 1.165) is 0 Å². The minimum Gasteiger partial charge on any atom is -0.313 e. The van der Waals surface area contributed by atoms with Gasteiger partial charge in [0.15, 0.2) is 5.78 Å². The molecule has 1 atom stereocenters. The Morgan fingerprint density at radius 2 is 2.20 bits per heavy atom. The van der Waals surface area contributed by atoms with Gasteiger partial charge in [-0.2, -0.15) is 0 Å². The molecule has 1 fully saturated rings. The van der Waals surface area contributed by atoms with Crippen LogP contribution in [0.5, 0.6) is 0 Å². The maximum atomic E-state index is 14.5. The number of ketones is 1. The zero-order valence-corrected chi connectivity index (χ0v) is 8.72. The summed E-state index contributed by atoms with van der Waals surface area (Å²) in [5.41, 5.74) is -0.339. The second-order valence-electron chi connectivity index (χ2n) is 3.99. The van der Waals surface area contributed by atoms with Crippen LogP contribution in [-0.2, 0) is 5.67 Å². The highest BCUT2D eigenvalue weighted by Gasteiger charge is 2.37. The van der Waals surface area contributed by atoms with E-state index in [1.165, 1.54) is 6.92 Å². The van der Waals surface area contributed by atoms with Crippen LogP contribution in [0.4, 0.5) is 4.39 Å². The predicted molar refractivity (Wildman–Crippen MR) is 56.7 cm³/mol. The summed E-state index contributed by atoms with van der Waals surface area (Å²) in [6.07, 6.45) is 0.442. The van der Waals surface area contributed by atoms with Gasteiger partial charge in [0.25, 0.3) is 0 Å². The Labute approximate surface area is 88.5 Å². The summed E-state index contributed by atoms with van der Waals surface area (Å²) in [7, 11) is 0. The van der Waals surface area contributed by atoms with Crippen molar-refractivity contribution in [3.8, 4) is 0 Å². The highest BCUT2D eigenvalue weighted by atomic mass is 19.1. The molecular formula is C12H14FNO. The highest BCUT2D eigenvalue weighted by Crippen LogP contribution is 2.34. The van der Waals surface area contributed by atoms with Crippen molar-refractivity contribution < 1.29 is 9.18 Å². The molecule has 0 radical (unpaired) electrons. The first-order valence-corrected chi connectivity index (χ1v) is 5.13. The van der Waals surface area contributed by atoms with E-state index in [0.29, 0.717) is 30.6 Å². The van der Waals surface area contributed by atoms with Crippen LogP contribution >= 0.6 is 0 Å². The topological polar surface area (TPSA) is 29.1 Å². The van der Waals surface area contributed by atoms with Crippen LogP contribution in [0.25, 0.3) is 0 Å². The molecule has 0 bridgehead atoms.